The number of hydrogen-bond acceptors (Lipinski definition) is 3. The van der Waals surface area contributed by atoms with Crippen molar-refractivity contribution in [2.24, 2.45) is 0 Å². The summed E-state index contributed by atoms with van der Waals surface area (Å²) in [6.07, 6.45) is 1.44. The number of nitrogens with one attached hydrogen (secondary N) is 2. The molecule has 1 amide bonds. The van der Waals surface area contributed by atoms with Gasteiger partial charge < -0.3 is 15.0 Å². The summed E-state index contributed by atoms with van der Waals surface area (Å²) >= 11 is 3.36. The van der Waals surface area contributed by atoms with Crippen molar-refractivity contribution in [2.45, 2.75) is 26.7 Å². The van der Waals surface area contributed by atoms with Gasteiger partial charge in [-0.3, -0.25) is 4.79 Å². The highest BCUT2D eigenvalue weighted by Crippen LogP contribution is 2.23. The van der Waals surface area contributed by atoms with Gasteiger partial charge in [0.25, 0.3) is 5.91 Å². The Hall–Kier alpha value is -2.08. The van der Waals surface area contributed by atoms with Gasteiger partial charge in [-0.25, -0.2) is 4.79 Å². The van der Waals surface area contributed by atoms with Gasteiger partial charge in [-0.15, -0.1) is 0 Å². The van der Waals surface area contributed by atoms with Crippen LogP contribution in [-0.4, -0.2) is 24.0 Å². The number of halogens is 1. The SMILES string of the molecule is CCCc1c(C(=O)Nc2ccc(Br)cc2)[nH]c(C)c1C(=O)OC. The van der Waals surface area contributed by atoms with E-state index in [1.54, 1.807) is 19.1 Å². The van der Waals surface area contributed by atoms with Gasteiger partial charge in [0.1, 0.15) is 5.69 Å². The van der Waals surface area contributed by atoms with Gasteiger partial charge >= 0.3 is 5.97 Å². The molecule has 0 saturated heterocycles. The fraction of sp³-hybridized carbons (Fsp3) is 0.294. The van der Waals surface area contributed by atoms with Gasteiger partial charge in [-0.05, 0) is 43.2 Å². The van der Waals surface area contributed by atoms with Gasteiger partial charge in [0.15, 0.2) is 0 Å². The monoisotopic (exact) mass is 378 g/mol. The second-order valence-corrected chi connectivity index (χ2v) is 6.10. The summed E-state index contributed by atoms with van der Waals surface area (Å²) in [6.45, 7) is 3.77. The minimum absolute atomic E-state index is 0.269. The van der Waals surface area contributed by atoms with Crippen molar-refractivity contribution in [1.82, 2.24) is 4.98 Å². The number of carbonyl (C=O) groups is 2. The fourth-order valence-corrected chi connectivity index (χ4v) is 2.74. The molecule has 122 valence electrons. The summed E-state index contributed by atoms with van der Waals surface area (Å²) in [5.41, 5.74) is 2.89. The number of hydrogen-bond donors (Lipinski definition) is 2. The summed E-state index contributed by atoms with van der Waals surface area (Å²) in [7, 11) is 1.34. The van der Waals surface area contributed by atoms with Crippen LogP contribution >= 0.6 is 15.9 Å². The number of H-pyrrole nitrogens is 1. The lowest BCUT2D eigenvalue weighted by Gasteiger charge is -2.07. The van der Waals surface area contributed by atoms with Gasteiger partial charge in [-0.1, -0.05) is 29.3 Å². The molecule has 0 aliphatic rings. The van der Waals surface area contributed by atoms with E-state index in [-0.39, 0.29) is 5.91 Å². The first kappa shape index (κ1) is 17.3. The molecule has 0 atom stereocenters. The van der Waals surface area contributed by atoms with Crippen molar-refractivity contribution in [3.8, 4) is 0 Å². The number of anilines is 1. The van der Waals surface area contributed by atoms with E-state index >= 15 is 0 Å². The summed E-state index contributed by atoms with van der Waals surface area (Å²) in [4.78, 5) is 27.6. The minimum Gasteiger partial charge on any atom is -0.465 e. The Kier molecular flexibility index (Phi) is 5.60. The molecule has 2 rings (SSSR count). The molecular weight excluding hydrogens is 360 g/mol. The van der Waals surface area contributed by atoms with Crippen LogP contribution in [0.3, 0.4) is 0 Å². The normalized spacial score (nSPS) is 10.4. The van der Waals surface area contributed by atoms with Crippen LogP contribution in [0.2, 0.25) is 0 Å². The zero-order valence-corrected chi connectivity index (χ0v) is 14.9. The molecular formula is C17H19BrN2O3. The Morgan fingerprint density at radius 1 is 1.26 bits per heavy atom. The van der Waals surface area contributed by atoms with Gasteiger partial charge in [0.2, 0.25) is 0 Å². The van der Waals surface area contributed by atoms with E-state index in [4.69, 9.17) is 4.74 Å². The fourth-order valence-electron chi connectivity index (χ4n) is 2.48. The minimum atomic E-state index is -0.426. The predicted octanol–water partition coefficient (Wildman–Crippen LogP) is 4.08. The second kappa shape index (κ2) is 7.46. The molecule has 2 aromatic rings. The molecule has 1 aromatic heterocycles. The molecule has 0 aliphatic carbocycles. The highest BCUT2D eigenvalue weighted by Gasteiger charge is 2.24. The molecule has 0 spiro atoms. The Balaban J connectivity index is 2.35. The van der Waals surface area contributed by atoms with Crippen LogP contribution in [0, 0.1) is 6.92 Å². The average Bonchev–Trinajstić information content (AvgIpc) is 2.86. The van der Waals surface area contributed by atoms with Gasteiger partial charge in [0.05, 0.1) is 12.7 Å². The molecule has 0 saturated carbocycles. The van der Waals surface area contributed by atoms with E-state index in [9.17, 15) is 9.59 Å². The lowest BCUT2D eigenvalue weighted by atomic mass is 10.0. The maximum Gasteiger partial charge on any atom is 0.339 e. The summed E-state index contributed by atoms with van der Waals surface area (Å²) in [6, 6.07) is 7.31. The van der Waals surface area contributed by atoms with Gasteiger partial charge in [0, 0.05) is 15.9 Å². The third-order valence-electron chi connectivity index (χ3n) is 3.51. The van der Waals surface area contributed by atoms with Crippen LogP contribution in [0.5, 0.6) is 0 Å². The zero-order valence-electron chi connectivity index (χ0n) is 13.3. The molecule has 0 bridgehead atoms. The molecule has 23 heavy (non-hydrogen) atoms. The van der Waals surface area contributed by atoms with Crippen molar-refractivity contribution in [2.75, 3.05) is 12.4 Å². The van der Waals surface area contributed by atoms with Crippen molar-refractivity contribution < 1.29 is 14.3 Å². The lowest BCUT2D eigenvalue weighted by molar-refractivity contribution is 0.0599. The Morgan fingerprint density at radius 3 is 2.48 bits per heavy atom. The summed E-state index contributed by atoms with van der Waals surface area (Å²) in [5, 5.41) is 2.84. The maximum atomic E-state index is 12.6. The Labute approximate surface area is 143 Å². The van der Waals surface area contributed by atoms with Crippen LogP contribution in [0.25, 0.3) is 0 Å². The Morgan fingerprint density at radius 2 is 1.91 bits per heavy atom. The first-order valence-electron chi connectivity index (χ1n) is 7.34. The van der Waals surface area contributed by atoms with Crippen LogP contribution in [0.15, 0.2) is 28.7 Å². The molecule has 2 N–H and O–H groups in total. The van der Waals surface area contributed by atoms with Crippen molar-refractivity contribution in [1.29, 1.82) is 0 Å². The first-order valence-corrected chi connectivity index (χ1v) is 8.13. The van der Waals surface area contributed by atoms with E-state index in [1.165, 1.54) is 7.11 Å². The number of carbonyl (C=O) groups excluding carboxylic acids is 2. The van der Waals surface area contributed by atoms with Crippen molar-refractivity contribution in [3.05, 3.63) is 51.3 Å². The highest BCUT2D eigenvalue weighted by molar-refractivity contribution is 9.10. The average molecular weight is 379 g/mol. The number of aromatic nitrogens is 1. The molecule has 0 radical (unpaired) electrons. The smallest absolute Gasteiger partial charge is 0.339 e. The maximum absolute atomic E-state index is 12.6. The molecule has 1 heterocycles. The lowest BCUT2D eigenvalue weighted by Crippen LogP contribution is -2.15. The molecule has 1 aromatic carbocycles. The van der Waals surface area contributed by atoms with E-state index in [0.29, 0.717) is 34.6 Å². The second-order valence-electron chi connectivity index (χ2n) is 5.18. The molecule has 0 fully saturated rings. The quantitative estimate of drug-likeness (QED) is 0.770. The van der Waals surface area contributed by atoms with E-state index in [0.717, 1.165) is 10.9 Å². The molecule has 5 nitrogen and oxygen atoms in total. The topological polar surface area (TPSA) is 71.2 Å². The van der Waals surface area contributed by atoms with E-state index in [1.807, 2.05) is 19.1 Å². The number of esters is 1. The van der Waals surface area contributed by atoms with Crippen LogP contribution < -0.4 is 5.32 Å². The predicted molar refractivity (Wildman–Crippen MR) is 93.0 cm³/mol. The summed E-state index contributed by atoms with van der Waals surface area (Å²) in [5.74, 6) is -0.695. The van der Waals surface area contributed by atoms with E-state index < -0.39 is 5.97 Å². The molecule has 6 heteroatoms. The number of methoxy groups -OCH3 is 1. The molecule has 0 aliphatic heterocycles. The summed E-state index contributed by atoms with van der Waals surface area (Å²) < 4.78 is 5.77. The van der Waals surface area contributed by atoms with Crippen molar-refractivity contribution in [3.63, 3.8) is 0 Å². The van der Waals surface area contributed by atoms with E-state index in [2.05, 4.69) is 26.2 Å². The number of rotatable bonds is 5. The largest absolute Gasteiger partial charge is 0.465 e. The highest BCUT2D eigenvalue weighted by atomic mass is 79.9. The first-order chi connectivity index (χ1) is 11.0. The third kappa shape index (κ3) is 3.82. The van der Waals surface area contributed by atoms with Crippen molar-refractivity contribution >= 4 is 33.5 Å². The Bertz CT molecular complexity index is 720. The standard InChI is InChI=1S/C17H19BrN2O3/c1-4-5-13-14(17(22)23-3)10(2)19-15(13)16(21)20-12-8-6-11(18)7-9-12/h6-9,19H,4-5H2,1-3H3,(H,20,21). The third-order valence-corrected chi connectivity index (χ3v) is 4.04. The number of aryl methyl sites for hydroxylation is 1. The van der Waals surface area contributed by atoms with Crippen LogP contribution in [-0.2, 0) is 11.2 Å². The number of aromatic amines is 1. The zero-order chi connectivity index (χ0) is 17.0. The van der Waals surface area contributed by atoms with Crippen LogP contribution in [0.4, 0.5) is 5.69 Å². The molecule has 0 unspecified atom stereocenters. The number of benzene rings is 1. The number of ether oxygens (including phenoxy) is 1. The number of amides is 1. The van der Waals surface area contributed by atoms with Crippen LogP contribution in [0.1, 0.15) is 45.4 Å². The van der Waals surface area contributed by atoms with Gasteiger partial charge in [-0.2, -0.15) is 0 Å².